The molecule has 0 amide bonds. The van der Waals surface area contributed by atoms with E-state index in [-0.39, 0.29) is 27.4 Å². The Labute approximate surface area is 596 Å². The number of fused-ring (bicyclic) bond motifs is 2. The summed E-state index contributed by atoms with van der Waals surface area (Å²) < 4.78 is 5.85. The fourth-order valence-corrected chi connectivity index (χ4v) is 13.0. The van der Waals surface area contributed by atoms with Crippen LogP contribution in [0.4, 0.5) is 34.4 Å². The van der Waals surface area contributed by atoms with Crippen LogP contribution < -0.4 is 14.5 Å². The van der Waals surface area contributed by atoms with Gasteiger partial charge in [0, 0.05) is 56.8 Å². The molecule has 8 nitrogen and oxygen atoms in total. The van der Waals surface area contributed by atoms with Crippen LogP contribution in [-0.2, 0) is 21.7 Å². The lowest BCUT2D eigenvalue weighted by Crippen LogP contribution is -2.16. The molecular formula is C93H88N6O2. The first-order valence-corrected chi connectivity index (χ1v) is 34.8. The molecule has 0 aliphatic rings. The molecule has 502 valence electrons. The fraction of sp³-hybridized carbons (Fsp3) is 0.183. The van der Waals surface area contributed by atoms with Crippen molar-refractivity contribution in [3.63, 3.8) is 0 Å². The van der Waals surface area contributed by atoms with Gasteiger partial charge in [0.2, 0.25) is 0 Å². The van der Waals surface area contributed by atoms with Crippen LogP contribution in [0.15, 0.2) is 291 Å². The van der Waals surface area contributed by atoms with E-state index in [1.54, 1.807) is 13.2 Å². The molecule has 0 fully saturated rings. The molecule has 0 saturated carbocycles. The lowest BCUT2D eigenvalue weighted by molar-refractivity contribution is 0.416. The predicted octanol–water partition coefficient (Wildman–Crippen LogP) is 25.1. The third kappa shape index (κ3) is 15.0. The molecule has 0 aliphatic carbocycles. The van der Waals surface area contributed by atoms with Gasteiger partial charge in [0.15, 0.2) is 0 Å². The quantitative estimate of drug-likeness (QED) is 0.122. The molecule has 0 unspecified atom stereocenters. The molecule has 0 atom stereocenters. The summed E-state index contributed by atoms with van der Waals surface area (Å²) in [4.78, 5) is 24.6. The third-order valence-electron chi connectivity index (χ3n) is 18.8. The summed E-state index contributed by atoms with van der Waals surface area (Å²) in [5, 5.41) is 15.6. The van der Waals surface area contributed by atoms with Crippen molar-refractivity contribution in [2.45, 2.75) is 105 Å². The van der Waals surface area contributed by atoms with Crippen molar-refractivity contribution < 1.29 is 9.84 Å². The molecule has 0 radical (unpaired) electrons. The van der Waals surface area contributed by atoms with Crippen LogP contribution in [-0.4, -0.2) is 32.2 Å². The van der Waals surface area contributed by atoms with Gasteiger partial charge in [-0.2, -0.15) is 0 Å². The molecule has 0 bridgehead atoms. The predicted molar refractivity (Wildman–Crippen MR) is 424 cm³/mol. The highest BCUT2D eigenvalue weighted by atomic mass is 16.5. The van der Waals surface area contributed by atoms with Crippen LogP contribution in [0, 0.1) is 0 Å². The average Bonchev–Trinajstić information content (AvgIpc) is 0.779. The maximum atomic E-state index is 11.0. The van der Waals surface area contributed by atoms with Crippen LogP contribution in [0.1, 0.15) is 105 Å². The molecule has 0 spiro atoms. The van der Waals surface area contributed by atoms with Crippen LogP contribution in [0.5, 0.6) is 11.5 Å². The van der Waals surface area contributed by atoms with Crippen molar-refractivity contribution in [2.24, 2.45) is 0 Å². The number of methoxy groups -OCH3 is 1. The largest absolute Gasteiger partial charge is 0.507 e. The van der Waals surface area contributed by atoms with E-state index >= 15 is 0 Å². The van der Waals surface area contributed by atoms with Crippen molar-refractivity contribution in [3.8, 4) is 78.8 Å². The molecule has 8 heteroatoms. The van der Waals surface area contributed by atoms with E-state index in [4.69, 9.17) is 24.7 Å². The summed E-state index contributed by atoms with van der Waals surface area (Å²) >= 11 is 0. The van der Waals surface area contributed by atoms with E-state index in [1.807, 2.05) is 79.1 Å². The number of benzene rings is 10. The Morgan fingerprint density at radius 1 is 0.307 bits per heavy atom. The number of rotatable bonds is 13. The van der Waals surface area contributed by atoms with E-state index in [2.05, 4.69) is 299 Å². The number of hydrogen-bond donors (Lipinski definition) is 1. The van der Waals surface area contributed by atoms with Crippen molar-refractivity contribution in [1.29, 1.82) is 0 Å². The zero-order valence-electron chi connectivity index (χ0n) is 60.3. The summed E-state index contributed by atoms with van der Waals surface area (Å²) in [7, 11) is 1.72. The number of anilines is 6. The number of hydrogen-bond acceptors (Lipinski definition) is 8. The number of ether oxygens (including phenoxy) is 1. The van der Waals surface area contributed by atoms with Crippen LogP contribution in [0.3, 0.4) is 0 Å². The Bertz CT molecular complexity index is 5230. The summed E-state index contributed by atoms with van der Waals surface area (Å²) in [5.41, 5.74) is 20.5. The van der Waals surface area contributed by atoms with E-state index in [9.17, 15) is 5.11 Å². The van der Waals surface area contributed by atoms with Gasteiger partial charge in [-0.1, -0.05) is 253 Å². The summed E-state index contributed by atoms with van der Waals surface area (Å²) in [6.07, 6.45) is 3.68. The second-order valence-electron chi connectivity index (χ2n) is 30.2. The van der Waals surface area contributed by atoms with Gasteiger partial charge in [-0.3, -0.25) is 9.80 Å². The molecule has 14 aromatic rings. The van der Waals surface area contributed by atoms with Crippen LogP contribution >= 0.6 is 0 Å². The van der Waals surface area contributed by atoms with Gasteiger partial charge in [0.1, 0.15) is 23.1 Å². The number of phenols is 1. The first-order chi connectivity index (χ1) is 48.4. The first-order valence-electron chi connectivity index (χ1n) is 34.8. The lowest BCUT2D eigenvalue weighted by atomic mass is 9.79. The molecule has 10 aromatic carbocycles. The molecule has 101 heavy (non-hydrogen) atoms. The minimum Gasteiger partial charge on any atom is -0.507 e. The molecular weight excluding hydrogens is 1230 g/mol. The fourth-order valence-electron chi connectivity index (χ4n) is 13.0. The van der Waals surface area contributed by atoms with Crippen molar-refractivity contribution >= 4 is 55.9 Å². The van der Waals surface area contributed by atoms with Crippen molar-refractivity contribution in [1.82, 2.24) is 19.9 Å². The monoisotopic (exact) mass is 1320 g/mol. The Morgan fingerprint density at radius 3 is 1.08 bits per heavy atom. The van der Waals surface area contributed by atoms with Gasteiger partial charge in [-0.05, 0) is 186 Å². The van der Waals surface area contributed by atoms with Gasteiger partial charge in [0.25, 0.3) is 0 Å². The van der Waals surface area contributed by atoms with Crippen LogP contribution in [0.2, 0.25) is 0 Å². The summed E-state index contributed by atoms with van der Waals surface area (Å²) in [5.74, 6) is 2.66. The Kier molecular flexibility index (Phi) is 18.9. The molecule has 4 heterocycles. The zero-order valence-corrected chi connectivity index (χ0v) is 60.3. The number of para-hydroxylation sites is 2. The van der Waals surface area contributed by atoms with Gasteiger partial charge in [-0.15, -0.1) is 0 Å². The minimum absolute atomic E-state index is 0.0117. The number of phenolic OH excluding ortho intramolecular Hbond substituents is 1. The van der Waals surface area contributed by atoms with E-state index in [0.29, 0.717) is 5.56 Å². The summed E-state index contributed by atoms with van der Waals surface area (Å²) in [6, 6.07) is 97.2. The highest BCUT2D eigenvalue weighted by Crippen LogP contribution is 2.45. The lowest BCUT2D eigenvalue weighted by Gasteiger charge is -2.27. The Balaban J connectivity index is 0.000000181. The topological polar surface area (TPSA) is 87.5 Å². The molecule has 1 N–H and O–H groups in total. The molecule has 0 aliphatic heterocycles. The summed E-state index contributed by atoms with van der Waals surface area (Å²) in [6.45, 7) is 27.3. The molecule has 0 saturated heterocycles. The smallest absolute Gasteiger partial charge is 0.137 e. The highest BCUT2D eigenvalue weighted by molar-refractivity contribution is 6.00. The number of aromatic hydroxyl groups is 1. The standard InChI is InChI=1S/C47H45N3O.C46H43N3O/c1-46(2,3)36-26-34(27-37(31-36)47(4,5)6)35-29-41(49-42(30-35)40-21-10-11-23-44(40)51-7)33-18-14-19-38(28-33)50(45-24-12-13-25-48-45)43-22-15-17-32-16-8-9-20-39(32)43;1-45(2,3)35-25-33(26-36(30-35)46(4,5)6)34-28-40(48-41(29-34)39-20-9-10-22-43(39)50)32-17-13-18-37(27-32)49(44-23-11-12-24-47-44)42-21-14-16-31-15-7-8-19-38(31)42/h8-31H,1-7H3;7-30,50H,1-6H3. The van der Waals surface area contributed by atoms with Gasteiger partial charge in [-0.25, -0.2) is 19.9 Å². The van der Waals surface area contributed by atoms with E-state index in [0.717, 1.165) is 112 Å². The van der Waals surface area contributed by atoms with E-state index < -0.39 is 0 Å². The molecule has 14 rings (SSSR count). The normalized spacial score (nSPS) is 11.9. The van der Waals surface area contributed by atoms with Crippen molar-refractivity contribution in [3.05, 3.63) is 314 Å². The SMILES string of the molecule is CC(C)(C)c1cc(-c2cc(-c3cccc(N(c4ccccn4)c4cccc5ccccc45)c3)nc(-c3ccccc3O)c2)cc(C(C)(C)C)c1.COc1ccccc1-c1cc(-c2cc(C(C)(C)C)cc(C(C)(C)C)c2)cc(-c2cccc(N(c3ccccn3)c3cccc4ccccc34)c2)n1. The Hall–Kier alpha value is -11.5. The van der Waals surface area contributed by atoms with Gasteiger partial charge < -0.3 is 9.84 Å². The average molecular weight is 1320 g/mol. The number of nitrogens with zero attached hydrogens (tertiary/aromatic N) is 6. The minimum atomic E-state index is -0.0305. The first kappa shape index (κ1) is 68.1. The number of aromatic nitrogens is 4. The van der Waals surface area contributed by atoms with Gasteiger partial charge >= 0.3 is 0 Å². The third-order valence-corrected chi connectivity index (χ3v) is 18.8. The van der Waals surface area contributed by atoms with Crippen molar-refractivity contribution in [2.75, 3.05) is 16.9 Å². The molecule has 4 aromatic heterocycles. The van der Waals surface area contributed by atoms with Gasteiger partial charge in [0.05, 0.1) is 41.3 Å². The van der Waals surface area contributed by atoms with Crippen LogP contribution in [0.25, 0.3) is 88.8 Å². The van der Waals surface area contributed by atoms with E-state index in [1.165, 1.54) is 33.2 Å². The maximum absolute atomic E-state index is 11.0. The number of pyridine rings is 4. The maximum Gasteiger partial charge on any atom is 0.137 e. The second kappa shape index (κ2) is 28.0. The Morgan fingerprint density at radius 2 is 0.663 bits per heavy atom. The second-order valence-corrected chi connectivity index (χ2v) is 30.2. The highest BCUT2D eigenvalue weighted by Gasteiger charge is 2.26. The zero-order chi connectivity index (χ0) is 70.8.